The van der Waals surface area contributed by atoms with Crippen LogP contribution in [-0.4, -0.2) is 28.6 Å². The largest absolute Gasteiger partial charge is 0.455 e. The van der Waals surface area contributed by atoms with Crippen molar-refractivity contribution in [3.05, 3.63) is 66.1 Å². The lowest BCUT2D eigenvalue weighted by atomic mass is 10.1. The summed E-state index contributed by atoms with van der Waals surface area (Å²) in [5.41, 5.74) is 2.76. The Morgan fingerprint density at radius 3 is 2.72 bits per heavy atom. The molecular formula is C22H21N3O4. The van der Waals surface area contributed by atoms with Gasteiger partial charge >= 0.3 is 5.97 Å². The molecular weight excluding hydrogens is 370 g/mol. The number of para-hydroxylation sites is 1. The molecule has 148 valence electrons. The molecule has 1 aliphatic heterocycles. The molecule has 2 heterocycles. The van der Waals surface area contributed by atoms with Gasteiger partial charge in [-0.3, -0.25) is 9.59 Å². The van der Waals surface area contributed by atoms with Gasteiger partial charge in [-0.1, -0.05) is 60.6 Å². The first-order valence-electron chi connectivity index (χ1n) is 9.58. The zero-order valence-electron chi connectivity index (χ0n) is 16.1. The van der Waals surface area contributed by atoms with Crippen LogP contribution in [0.1, 0.15) is 24.8 Å². The van der Waals surface area contributed by atoms with Crippen LogP contribution in [-0.2, 0) is 27.4 Å². The number of amides is 1. The Morgan fingerprint density at radius 1 is 1.17 bits per heavy atom. The van der Waals surface area contributed by atoms with Crippen molar-refractivity contribution in [2.24, 2.45) is 5.92 Å². The van der Waals surface area contributed by atoms with Crippen LogP contribution >= 0.6 is 0 Å². The van der Waals surface area contributed by atoms with Crippen LogP contribution in [0.3, 0.4) is 0 Å². The SMILES string of the molecule is CCc1ccccc1N1CC(C(=O)OCc2nc(-c3ccccc3)no2)CC1=O. The van der Waals surface area contributed by atoms with E-state index in [1.54, 1.807) is 4.90 Å². The third-order valence-electron chi connectivity index (χ3n) is 4.96. The maximum atomic E-state index is 12.5. The summed E-state index contributed by atoms with van der Waals surface area (Å²) in [6.07, 6.45) is 0.950. The van der Waals surface area contributed by atoms with Crippen molar-refractivity contribution in [2.45, 2.75) is 26.4 Å². The van der Waals surface area contributed by atoms with Crippen molar-refractivity contribution >= 4 is 17.6 Å². The van der Waals surface area contributed by atoms with Crippen LogP contribution in [0.4, 0.5) is 5.69 Å². The van der Waals surface area contributed by atoms with E-state index in [0.717, 1.165) is 23.2 Å². The van der Waals surface area contributed by atoms with Crippen molar-refractivity contribution in [1.29, 1.82) is 0 Å². The fourth-order valence-electron chi connectivity index (χ4n) is 3.44. The van der Waals surface area contributed by atoms with Crippen LogP contribution in [0.2, 0.25) is 0 Å². The fourth-order valence-corrected chi connectivity index (χ4v) is 3.44. The minimum Gasteiger partial charge on any atom is -0.455 e. The van der Waals surface area contributed by atoms with E-state index in [2.05, 4.69) is 10.1 Å². The number of aromatic nitrogens is 2. The average molecular weight is 391 g/mol. The smallest absolute Gasteiger partial charge is 0.311 e. The molecule has 1 unspecified atom stereocenters. The monoisotopic (exact) mass is 391 g/mol. The molecule has 0 spiro atoms. The maximum absolute atomic E-state index is 12.5. The first-order chi connectivity index (χ1) is 14.2. The number of ether oxygens (including phenoxy) is 1. The Bertz CT molecular complexity index is 1020. The zero-order valence-corrected chi connectivity index (χ0v) is 16.1. The van der Waals surface area contributed by atoms with Crippen molar-refractivity contribution < 1.29 is 18.8 Å². The number of carbonyl (C=O) groups is 2. The third-order valence-corrected chi connectivity index (χ3v) is 4.96. The lowest BCUT2D eigenvalue weighted by Gasteiger charge is -2.19. The molecule has 0 bridgehead atoms. The highest BCUT2D eigenvalue weighted by molar-refractivity contribution is 6.00. The van der Waals surface area contributed by atoms with Crippen molar-refractivity contribution in [3.8, 4) is 11.4 Å². The molecule has 29 heavy (non-hydrogen) atoms. The van der Waals surface area contributed by atoms with E-state index in [0.29, 0.717) is 12.4 Å². The summed E-state index contributed by atoms with van der Waals surface area (Å²) in [4.78, 5) is 30.9. The molecule has 7 heteroatoms. The number of hydrogen-bond donors (Lipinski definition) is 0. The van der Waals surface area contributed by atoms with Gasteiger partial charge in [0.1, 0.15) is 0 Å². The molecule has 2 aromatic carbocycles. The molecule has 0 aliphatic carbocycles. The Balaban J connectivity index is 1.37. The van der Waals surface area contributed by atoms with Gasteiger partial charge in [-0.2, -0.15) is 4.98 Å². The second-order valence-corrected chi connectivity index (χ2v) is 6.87. The van der Waals surface area contributed by atoms with E-state index in [1.807, 2.05) is 61.5 Å². The number of esters is 1. The van der Waals surface area contributed by atoms with Crippen molar-refractivity contribution in [1.82, 2.24) is 10.1 Å². The number of anilines is 1. The Labute approximate surface area is 168 Å². The topological polar surface area (TPSA) is 85.5 Å². The second kappa shape index (κ2) is 8.26. The van der Waals surface area contributed by atoms with Crippen molar-refractivity contribution in [3.63, 3.8) is 0 Å². The normalized spacial score (nSPS) is 16.2. The molecule has 3 aromatic rings. The molecule has 0 radical (unpaired) electrons. The van der Waals surface area contributed by atoms with E-state index in [1.165, 1.54) is 0 Å². The first kappa shape index (κ1) is 18.9. The summed E-state index contributed by atoms with van der Waals surface area (Å²) in [6, 6.07) is 17.1. The summed E-state index contributed by atoms with van der Waals surface area (Å²) in [6.45, 7) is 2.24. The number of rotatable bonds is 6. The highest BCUT2D eigenvalue weighted by Crippen LogP contribution is 2.29. The number of carbonyl (C=O) groups excluding carboxylic acids is 2. The molecule has 1 atom stereocenters. The van der Waals surface area contributed by atoms with Gasteiger partial charge in [0.15, 0.2) is 6.61 Å². The number of benzene rings is 2. The van der Waals surface area contributed by atoms with Gasteiger partial charge in [0.05, 0.1) is 5.92 Å². The summed E-state index contributed by atoms with van der Waals surface area (Å²) in [7, 11) is 0. The van der Waals surface area contributed by atoms with Crippen molar-refractivity contribution in [2.75, 3.05) is 11.4 Å². The quantitative estimate of drug-likeness (QED) is 0.599. The third kappa shape index (κ3) is 4.03. The van der Waals surface area contributed by atoms with Gasteiger partial charge in [0.25, 0.3) is 5.89 Å². The fraction of sp³-hybridized carbons (Fsp3) is 0.273. The molecule has 1 saturated heterocycles. The van der Waals surface area contributed by atoms with Crippen LogP contribution < -0.4 is 4.90 Å². The van der Waals surface area contributed by atoms with E-state index in [4.69, 9.17) is 9.26 Å². The molecule has 1 fully saturated rings. The van der Waals surface area contributed by atoms with Gasteiger partial charge in [-0.25, -0.2) is 0 Å². The summed E-state index contributed by atoms with van der Waals surface area (Å²) < 4.78 is 10.5. The van der Waals surface area contributed by atoms with Crippen LogP contribution in [0.15, 0.2) is 59.1 Å². The summed E-state index contributed by atoms with van der Waals surface area (Å²) in [5.74, 6) is -0.361. The van der Waals surface area contributed by atoms with E-state index >= 15 is 0 Å². The van der Waals surface area contributed by atoms with Gasteiger partial charge in [-0.15, -0.1) is 0 Å². The average Bonchev–Trinajstić information content (AvgIpc) is 3.39. The highest BCUT2D eigenvalue weighted by atomic mass is 16.6. The molecule has 1 amide bonds. The molecule has 4 rings (SSSR count). The molecule has 0 N–H and O–H groups in total. The van der Waals surface area contributed by atoms with Crippen LogP contribution in [0, 0.1) is 5.92 Å². The van der Waals surface area contributed by atoms with Gasteiger partial charge in [-0.05, 0) is 18.1 Å². The highest BCUT2D eigenvalue weighted by Gasteiger charge is 2.37. The van der Waals surface area contributed by atoms with Crippen LogP contribution in [0.25, 0.3) is 11.4 Å². The molecule has 0 saturated carbocycles. The van der Waals surface area contributed by atoms with E-state index < -0.39 is 11.9 Å². The summed E-state index contributed by atoms with van der Waals surface area (Å²) in [5, 5.41) is 3.91. The van der Waals surface area contributed by atoms with E-state index in [-0.39, 0.29) is 24.8 Å². The van der Waals surface area contributed by atoms with Crippen LogP contribution in [0.5, 0.6) is 0 Å². The zero-order chi connectivity index (χ0) is 20.2. The Hall–Kier alpha value is -3.48. The summed E-state index contributed by atoms with van der Waals surface area (Å²) >= 11 is 0. The molecule has 1 aromatic heterocycles. The predicted molar refractivity (Wildman–Crippen MR) is 106 cm³/mol. The first-order valence-corrected chi connectivity index (χ1v) is 9.58. The van der Waals surface area contributed by atoms with Gasteiger partial charge in [0, 0.05) is 24.2 Å². The lowest BCUT2D eigenvalue weighted by Crippen LogP contribution is -2.27. The standard InChI is InChI=1S/C22H21N3O4/c1-2-15-8-6-7-11-18(15)25-13-17(12-20(25)26)22(27)28-14-19-23-21(24-29-19)16-9-4-3-5-10-16/h3-11,17H,2,12-14H2,1H3. The van der Waals surface area contributed by atoms with Gasteiger partial charge in [0.2, 0.25) is 11.7 Å². The maximum Gasteiger partial charge on any atom is 0.311 e. The Kier molecular flexibility index (Phi) is 5.37. The predicted octanol–water partition coefficient (Wildman–Crippen LogP) is 3.40. The number of aryl methyl sites for hydroxylation is 1. The molecule has 1 aliphatic rings. The molecule has 7 nitrogen and oxygen atoms in total. The number of nitrogens with zero attached hydrogens (tertiary/aromatic N) is 3. The minimum atomic E-state index is -0.510. The Morgan fingerprint density at radius 2 is 1.93 bits per heavy atom. The number of hydrogen-bond acceptors (Lipinski definition) is 6. The minimum absolute atomic E-state index is 0.0722. The second-order valence-electron chi connectivity index (χ2n) is 6.87. The van der Waals surface area contributed by atoms with E-state index in [9.17, 15) is 9.59 Å². The van der Waals surface area contributed by atoms with Gasteiger partial charge < -0.3 is 14.2 Å². The lowest BCUT2D eigenvalue weighted by molar-refractivity contribution is -0.150.